The summed E-state index contributed by atoms with van der Waals surface area (Å²) in [5.41, 5.74) is 2.00. The zero-order chi connectivity index (χ0) is 14.4. The molecule has 5 heteroatoms. The molecule has 21 heavy (non-hydrogen) atoms. The van der Waals surface area contributed by atoms with Crippen molar-refractivity contribution >= 4 is 35.3 Å². The van der Waals surface area contributed by atoms with Gasteiger partial charge in [0.1, 0.15) is 0 Å². The molecule has 0 bridgehead atoms. The van der Waals surface area contributed by atoms with Crippen LogP contribution in [-0.2, 0) is 11.3 Å². The predicted molar refractivity (Wildman–Crippen MR) is 92.4 cm³/mol. The Hall–Kier alpha value is -1.36. The van der Waals surface area contributed by atoms with Crippen LogP contribution in [0.4, 0.5) is 5.69 Å². The molecule has 1 amide bonds. The Labute approximate surface area is 136 Å². The maximum atomic E-state index is 12.3. The number of thiophene rings is 1. The first kappa shape index (κ1) is 17.7. The van der Waals surface area contributed by atoms with Crippen molar-refractivity contribution in [3.05, 3.63) is 52.2 Å². The van der Waals surface area contributed by atoms with Crippen molar-refractivity contribution in [1.82, 2.24) is 5.32 Å². The molecule has 0 fully saturated rings. The van der Waals surface area contributed by atoms with E-state index in [4.69, 9.17) is 0 Å². The molecule has 0 saturated carbocycles. The number of carbonyl (C=O) groups excluding carboxylic acids is 1. The molecule has 2 aromatic rings. The maximum absolute atomic E-state index is 12.3. The van der Waals surface area contributed by atoms with Crippen LogP contribution in [0.15, 0.2) is 41.8 Å². The largest absolute Gasteiger partial charge is 0.325 e. The number of hydrogen-bond acceptors (Lipinski definition) is 3. The maximum Gasteiger partial charge on any atom is 0.232 e. The lowest BCUT2D eigenvalue weighted by atomic mass is 10.1. The molecule has 2 rings (SSSR count). The van der Waals surface area contributed by atoms with Crippen molar-refractivity contribution in [3.63, 3.8) is 0 Å². The Kier molecular flexibility index (Phi) is 7.43. The molecule has 1 unspecified atom stereocenters. The Bertz CT molecular complexity index is 557. The minimum Gasteiger partial charge on any atom is -0.325 e. The third-order valence-corrected chi connectivity index (χ3v) is 4.26. The fraction of sp³-hybridized carbons (Fsp3) is 0.312. The number of anilines is 1. The summed E-state index contributed by atoms with van der Waals surface area (Å²) in [4.78, 5) is 13.4. The molecule has 3 nitrogen and oxygen atoms in total. The summed E-state index contributed by atoms with van der Waals surface area (Å²) in [6.45, 7) is 5.68. The minimum absolute atomic E-state index is 0. The van der Waals surface area contributed by atoms with Crippen LogP contribution in [-0.4, -0.2) is 12.5 Å². The fourth-order valence-electron chi connectivity index (χ4n) is 1.96. The second kappa shape index (κ2) is 8.82. The summed E-state index contributed by atoms with van der Waals surface area (Å²) in [7, 11) is 0. The third kappa shape index (κ3) is 4.84. The lowest BCUT2D eigenvalue weighted by Gasteiger charge is -2.14. The number of benzene rings is 1. The highest BCUT2D eigenvalue weighted by molar-refractivity contribution is 7.10. The van der Waals surface area contributed by atoms with Gasteiger partial charge in [-0.2, -0.15) is 0 Å². The number of hydrogen-bond donors (Lipinski definition) is 2. The van der Waals surface area contributed by atoms with E-state index in [-0.39, 0.29) is 24.2 Å². The number of carbonyl (C=O) groups is 1. The van der Waals surface area contributed by atoms with Crippen molar-refractivity contribution in [3.8, 4) is 0 Å². The zero-order valence-electron chi connectivity index (χ0n) is 12.3. The van der Waals surface area contributed by atoms with E-state index in [0.717, 1.165) is 29.2 Å². The van der Waals surface area contributed by atoms with Gasteiger partial charge in [-0.25, -0.2) is 0 Å². The standard InChI is InChI=1S/C16H20N2OS.ClH/c1-3-17-11-13-7-4-5-8-14(13)18-16(19)12(2)15-9-6-10-20-15;/h4-10,12,17H,3,11H2,1-2H3,(H,18,19);1H. The van der Waals surface area contributed by atoms with Gasteiger partial charge in [0.2, 0.25) is 5.91 Å². The number of para-hydroxylation sites is 1. The van der Waals surface area contributed by atoms with Crippen LogP contribution < -0.4 is 10.6 Å². The van der Waals surface area contributed by atoms with Gasteiger partial charge in [-0.1, -0.05) is 31.2 Å². The quantitative estimate of drug-likeness (QED) is 0.842. The van der Waals surface area contributed by atoms with Crippen LogP contribution >= 0.6 is 23.7 Å². The third-order valence-electron chi connectivity index (χ3n) is 3.20. The van der Waals surface area contributed by atoms with Crippen LogP contribution in [0.5, 0.6) is 0 Å². The van der Waals surface area contributed by atoms with Gasteiger partial charge in [-0.05, 0) is 36.5 Å². The number of nitrogens with one attached hydrogen (secondary N) is 2. The molecule has 1 aromatic carbocycles. The monoisotopic (exact) mass is 324 g/mol. The van der Waals surface area contributed by atoms with E-state index in [1.54, 1.807) is 11.3 Å². The summed E-state index contributed by atoms with van der Waals surface area (Å²) in [6, 6.07) is 11.9. The summed E-state index contributed by atoms with van der Waals surface area (Å²) >= 11 is 1.61. The SMILES string of the molecule is CCNCc1ccccc1NC(=O)C(C)c1cccs1.Cl. The lowest BCUT2D eigenvalue weighted by Crippen LogP contribution is -2.20. The van der Waals surface area contributed by atoms with E-state index in [9.17, 15) is 4.79 Å². The van der Waals surface area contributed by atoms with Gasteiger partial charge < -0.3 is 10.6 Å². The Morgan fingerprint density at radius 2 is 2.00 bits per heavy atom. The number of amides is 1. The Balaban J connectivity index is 0.00000220. The first-order chi connectivity index (χ1) is 9.72. The molecule has 0 spiro atoms. The Morgan fingerprint density at radius 1 is 1.24 bits per heavy atom. The van der Waals surface area contributed by atoms with Gasteiger partial charge in [0.25, 0.3) is 0 Å². The number of rotatable bonds is 6. The van der Waals surface area contributed by atoms with Crippen LogP contribution in [0.1, 0.15) is 30.2 Å². The highest BCUT2D eigenvalue weighted by Crippen LogP contribution is 2.23. The van der Waals surface area contributed by atoms with Crippen LogP contribution in [0.3, 0.4) is 0 Å². The first-order valence-electron chi connectivity index (χ1n) is 6.85. The van der Waals surface area contributed by atoms with Gasteiger partial charge in [0.05, 0.1) is 5.92 Å². The van der Waals surface area contributed by atoms with Gasteiger partial charge in [-0.15, -0.1) is 23.7 Å². The van der Waals surface area contributed by atoms with Crippen molar-refractivity contribution in [2.75, 3.05) is 11.9 Å². The normalized spacial score (nSPS) is 11.5. The molecule has 0 aliphatic heterocycles. The van der Waals surface area contributed by atoms with Gasteiger partial charge in [-0.3, -0.25) is 4.79 Å². The summed E-state index contributed by atoms with van der Waals surface area (Å²) < 4.78 is 0. The molecule has 1 atom stereocenters. The van der Waals surface area contributed by atoms with E-state index in [0.29, 0.717) is 0 Å². The van der Waals surface area contributed by atoms with Crippen molar-refractivity contribution < 1.29 is 4.79 Å². The average molecular weight is 325 g/mol. The van der Waals surface area contributed by atoms with Crippen molar-refractivity contribution in [2.45, 2.75) is 26.3 Å². The van der Waals surface area contributed by atoms with Crippen LogP contribution in [0.2, 0.25) is 0 Å². The molecule has 114 valence electrons. The molecule has 0 aliphatic carbocycles. The summed E-state index contributed by atoms with van der Waals surface area (Å²) in [5.74, 6) is -0.0846. The molecule has 2 N–H and O–H groups in total. The highest BCUT2D eigenvalue weighted by Gasteiger charge is 2.17. The summed E-state index contributed by atoms with van der Waals surface area (Å²) in [5, 5.41) is 8.32. The van der Waals surface area contributed by atoms with E-state index in [1.807, 2.05) is 48.7 Å². The van der Waals surface area contributed by atoms with Crippen LogP contribution in [0.25, 0.3) is 0 Å². The molecular formula is C16H21ClN2OS. The van der Waals surface area contributed by atoms with Gasteiger partial charge in [0, 0.05) is 17.1 Å². The smallest absolute Gasteiger partial charge is 0.232 e. The van der Waals surface area contributed by atoms with Gasteiger partial charge in [0.15, 0.2) is 0 Å². The summed E-state index contributed by atoms with van der Waals surface area (Å²) in [6.07, 6.45) is 0. The van der Waals surface area contributed by atoms with Gasteiger partial charge >= 0.3 is 0 Å². The van der Waals surface area contributed by atoms with Crippen molar-refractivity contribution in [2.24, 2.45) is 0 Å². The molecule has 0 radical (unpaired) electrons. The zero-order valence-corrected chi connectivity index (χ0v) is 13.9. The van der Waals surface area contributed by atoms with E-state index >= 15 is 0 Å². The van der Waals surface area contributed by atoms with E-state index in [1.165, 1.54) is 0 Å². The average Bonchev–Trinajstić information content (AvgIpc) is 2.99. The Morgan fingerprint density at radius 3 is 2.67 bits per heavy atom. The van der Waals surface area contributed by atoms with Crippen molar-refractivity contribution in [1.29, 1.82) is 0 Å². The molecule has 1 heterocycles. The van der Waals surface area contributed by atoms with Crippen LogP contribution in [0, 0.1) is 0 Å². The first-order valence-corrected chi connectivity index (χ1v) is 7.73. The van der Waals surface area contributed by atoms with E-state index < -0.39 is 0 Å². The molecular weight excluding hydrogens is 304 g/mol. The highest BCUT2D eigenvalue weighted by atomic mass is 35.5. The topological polar surface area (TPSA) is 41.1 Å². The molecule has 1 aromatic heterocycles. The molecule has 0 aliphatic rings. The fourth-order valence-corrected chi connectivity index (χ4v) is 2.75. The predicted octanol–water partition coefficient (Wildman–Crippen LogP) is 4.02. The minimum atomic E-state index is -0.123. The second-order valence-corrected chi connectivity index (χ2v) is 5.64. The molecule has 0 saturated heterocycles. The second-order valence-electron chi connectivity index (χ2n) is 4.66. The van der Waals surface area contributed by atoms with E-state index in [2.05, 4.69) is 17.6 Å². The lowest BCUT2D eigenvalue weighted by molar-refractivity contribution is -0.117. The number of halogens is 1.